The number of para-hydroxylation sites is 1. The Morgan fingerprint density at radius 2 is 1.64 bits per heavy atom. The van der Waals surface area contributed by atoms with Gasteiger partial charge < -0.3 is 15.0 Å². The van der Waals surface area contributed by atoms with E-state index in [2.05, 4.69) is 95.9 Å². The van der Waals surface area contributed by atoms with Crippen molar-refractivity contribution in [1.29, 1.82) is 0 Å². The molecule has 164 valence electrons. The Morgan fingerprint density at radius 3 is 2.39 bits per heavy atom. The molecule has 2 aliphatic heterocycles. The van der Waals surface area contributed by atoms with Gasteiger partial charge in [0.05, 0.1) is 5.70 Å². The molecule has 0 spiro atoms. The predicted octanol–water partition coefficient (Wildman–Crippen LogP) is 5.21. The van der Waals surface area contributed by atoms with Crippen LogP contribution in [0.5, 0.6) is 5.75 Å². The molecule has 6 rings (SSSR count). The summed E-state index contributed by atoms with van der Waals surface area (Å²) in [5, 5.41) is 8.16. The standard InChI is InChI=1S/C27H25N5O/c1-17-8-10-19(11-9-17)26-23-24(21-6-4-5-7-22(21)33-26)30-27-28-16-29-32(27)25(23)18-12-14-20(15-13-18)31(2)3/h4-16,25-26H,1-3H3,(H,28,29,30)/t25-,26-/m1/s1. The second kappa shape index (κ2) is 7.52. The van der Waals surface area contributed by atoms with Crippen molar-refractivity contribution in [3.05, 3.63) is 107 Å². The van der Waals surface area contributed by atoms with Gasteiger partial charge in [-0.3, -0.25) is 0 Å². The smallest absolute Gasteiger partial charge is 0.226 e. The normalized spacial score (nSPS) is 18.5. The Kier molecular flexibility index (Phi) is 4.47. The number of nitrogens with zero attached hydrogens (tertiary/aromatic N) is 4. The molecule has 0 saturated carbocycles. The molecule has 4 aromatic rings. The van der Waals surface area contributed by atoms with Gasteiger partial charge in [0.15, 0.2) is 0 Å². The van der Waals surface area contributed by atoms with Crippen LogP contribution in [0, 0.1) is 6.92 Å². The SMILES string of the molecule is Cc1ccc([C@H]2Oc3ccccc3C3=C2[C@@H](c2ccc(N(C)C)cc2)n2ncnc2N3)cc1. The summed E-state index contributed by atoms with van der Waals surface area (Å²) in [6.45, 7) is 2.10. The van der Waals surface area contributed by atoms with Crippen LogP contribution in [-0.4, -0.2) is 28.9 Å². The summed E-state index contributed by atoms with van der Waals surface area (Å²) in [5.74, 6) is 1.60. The molecule has 0 saturated heterocycles. The summed E-state index contributed by atoms with van der Waals surface area (Å²) >= 11 is 0. The topological polar surface area (TPSA) is 55.2 Å². The van der Waals surface area contributed by atoms with Crippen LogP contribution in [0.4, 0.5) is 11.6 Å². The summed E-state index contributed by atoms with van der Waals surface area (Å²) in [6.07, 6.45) is 1.36. The van der Waals surface area contributed by atoms with E-state index in [4.69, 9.17) is 4.74 Å². The lowest BCUT2D eigenvalue weighted by atomic mass is 9.84. The lowest BCUT2D eigenvalue weighted by Crippen LogP contribution is -2.32. The van der Waals surface area contributed by atoms with Gasteiger partial charge in [-0.2, -0.15) is 10.1 Å². The number of aromatic nitrogens is 3. The van der Waals surface area contributed by atoms with E-state index in [1.807, 2.05) is 22.9 Å². The van der Waals surface area contributed by atoms with Crippen molar-refractivity contribution in [2.75, 3.05) is 24.3 Å². The molecule has 0 radical (unpaired) electrons. The third kappa shape index (κ3) is 3.18. The maximum atomic E-state index is 6.67. The zero-order chi connectivity index (χ0) is 22.5. The molecule has 6 heteroatoms. The lowest BCUT2D eigenvalue weighted by molar-refractivity contribution is 0.223. The van der Waals surface area contributed by atoms with Gasteiger partial charge in [0.1, 0.15) is 24.2 Å². The van der Waals surface area contributed by atoms with Crippen molar-refractivity contribution >= 4 is 17.3 Å². The van der Waals surface area contributed by atoms with E-state index in [0.29, 0.717) is 0 Å². The maximum Gasteiger partial charge on any atom is 0.226 e. The first-order valence-corrected chi connectivity index (χ1v) is 11.1. The minimum Gasteiger partial charge on any atom is -0.480 e. The molecule has 0 amide bonds. The summed E-state index contributed by atoms with van der Waals surface area (Å²) in [6, 6.07) is 25.3. The first-order valence-electron chi connectivity index (χ1n) is 11.1. The van der Waals surface area contributed by atoms with E-state index in [-0.39, 0.29) is 12.1 Å². The van der Waals surface area contributed by atoms with E-state index in [1.54, 1.807) is 6.33 Å². The monoisotopic (exact) mass is 435 g/mol. The van der Waals surface area contributed by atoms with Crippen molar-refractivity contribution in [2.45, 2.75) is 19.1 Å². The van der Waals surface area contributed by atoms with Gasteiger partial charge in [-0.25, -0.2) is 4.68 Å². The van der Waals surface area contributed by atoms with Gasteiger partial charge in [0, 0.05) is 30.9 Å². The second-order valence-corrected chi connectivity index (χ2v) is 8.78. The summed E-state index contributed by atoms with van der Waals surface area (Å²) in [5.41, 5.74) is 7.85. The van der Waals surface area contributed by atoms with Crippen LogP contribution in [0.1, 0.15) is 34.4 Å². The number of rotatable bonds is 3. The highest BCUT2D eigenvalue weighted by Gasteiger charge is 2.40. The van der Waals surface area contributed by atoms with Gasteiger partial charge in [-0.1, -0.05) is 54.1 Å². The van der Waals surface area contributed by atoms with Crippen molar-refractivity contribution in [3.8, 4) is 5.75 Å². The third-order valence-electron chi connectivity index (χ3n) is 6.43. The van der Waals surface area contributed by atoms with E-state index in [9.17, 15) is 0 Å². The van der Waals surface area contributed by atoms with Gasteiger partial charge in [0.2, 0.25) is 5.95 Å². The molecule has 0 aliphatic carbocycles. The van der Waals surface area contributed by atoms with Gasteiger partial charge in [0.25, 0.3) is 0 Å². The number of hydrogen-bond donors (Lipinski definition) is 1. The molecule has 6 nitrogen and oxygen atoms in total. The molecule has 2 atom stereocenters. The molecular formula is C27H25N5O. The van der Waals surface area contributed by atoms with E-state index < -0.39 is 0 Å². The number of ether oxygens (including phenoxy) is 1. The van der Waals surface area contributed by atoms with Crippen molar-refractivity contribution in [2.24, 2.45) is 0 Å². The van der Waals surface area contributed by atoms with Crippen LogP contribution in [0.25, 0.3) is 5.70 Å². The van der Waals surface area contributed by atoms with Crippen molar-refractivity contribution < 1.29 is 4.74 Å². The van der Waals surface area contributed by atoms with Crippen LogP contribution in [0.2, 0.25) is 0 Å². The number of fused-ring (bicyclic) bond motifs is 3. The average molecular weight is 436 g/mol. The quantitative estimate of drug-likeness (QED) is 0.479. The minimum absolute atomic E-state index is 0.144. The van der Waals surface area contributed by atoms with Crippen LogP contribution >= 0.6 is 0 Å². The Bertz CT molecular complexity index is 1350. The number of aryl methyl sites for hydroxylation is 1. The molecule has 0 fully saturated rings. The number of nitrogens with one attached hydrogen (secondary N) is 1. The molecule has 2 aliphatic rings. The fourth-order valence-electron chi connectivity index (χ4n) is 4.71. The van der Waals surface area contributed by atoms with Gasteiger partial charge in [-0.15, -0.1) is 0 Å². The van der Waals surface area contributed by atoms with Crippen LogP contribution in [-0.2, 0) is 0 Å². The first-order chi connectivity index (χ1) is 16.1. The van der Waals surface area contributed by atoms with Crippen molar-refractivity contribution in [3.63, 3.8) is 0 Å². The van der Waals surface area contributed by atoms with Crippen molar-refractivity contribution in [1.82, 2.24) is 14.8 Å². The first kappa shape index (κ1) is 19.6. The van der Waals surface area contributed by atoms with E-state index in [1.165, 1.54) is 5.56 Å². The maximum absolute atomic E-state index is 6.67. The Hall–Kier alpha value is -4.06. The molecule has 33 heavy (non-hydrogen) atoms. The highest BCUT2D eigenvalue weighted by molar-refractivity contribution is 5.85. The lowest BCUT2D eigenvalue weighted by Gasteiger charge is -2.39. The number of benzene rings is 3. The molecule has 3 aromatic carbocycles. The zero-order valence-corrected chi connectivity index (χ0v) is 18.9. The Morgan fingerprint density at radius 1 is 0.909 bits per heavy atom. The second-order valence-electron chi connectivity index (χ2n) is 8.78. The van der Waals surface area contributed by atoms with Crippen LogP contribution < -0.4 is 15.0 Å². The molecule has 1 aromatic heterocycles. The molecule has 3 heterocycles. The molecular weight excluding hydrogens is 410 g/mol. The largest absolute Gasteiger partial charge is 0.480 e. The molecule has 1 N–H and O–H groups in total. The number of hydrogen-bond acceptors (Lipinski definition) is 5. The minimum atomic E-state index is -0.251. The zero-order valence-electron chi connectivity index (χ0n) is 18.9. The third-order valence-corrected chi connectivity index (χ3v) is 6.43. The Balaban J connectivity index is 1.59. The summed E-state index contributed by atoms with van der Waals surface area (Å²) < 4.78 is 8.63. The average Bonchev–Trinajstić information content (AvgIpc) is 3.31. The van der Waals surface area contributed by atoms with Crippen LogP contribution in [0.15, 0.2) is 84.7 Å². The van der Waals surface area contributed by atoms with Gasteiger partial charge in [-0.05, 0) is 42.3 Å². The highest BCUT2D eigenvalue weighted by atomic mass is 16.5. The Labute approximate surface area is 193 Å². The van der Waals surface area contributed by atoms with E-state index >= 15 is 0 Å². The summed E-state index contributed by atoms with van der Waals surface area (Å²) in [4.78, 5) is 6.61. The van der Waals surface area contributed by atoms with Crippen LogP contribution in [0.3, 0.4) is 0 Å². The summed E-state index contributed by atoms with van der Waals surface area (Å²) in [7, 11) is 4.10. The fraction of sp³-hybridized carbons (Fsp3) is 0.185. The fourth-order valence-corrected chi connectivity index (χ4v) is 4.71. The molecule has 0 unspecified atom stereocenters. The van der Waals surface area contributed by atoms with Gasteiger partial charge >= 0.3 is 0 Å². The van der Waals surface area contributed by atoms with E-state index in [0.717, 1.165) is 45.3 Å². The molecule has 0 bridgehead atoms. The number of anilines is 2. The highest BCUT2D eigenvalue weighted by Crippen LogP contribution is 2.50. The predicted molar refractivity (Wildman–Crippen MR) is 130 cm³/mol.